The quantitative estimate of drug-likeness (QED) is 0.742. The minimum Gasteiger partial charge on any atom is -0.303 e. The van der Waals surface area contributed by atoms with Crippen LogP contribution >= 0.6 is 0 Å². The van der Waals surface area contributed by atoms with Crippen LogP contribution in [0.5, 0.6) is 0 Å². The normalized spacial score (nSPS) is 31.6. The Kier molecular flexibility index (Phi) is 2.85. The SMILES string of the molecule is FC(F)(F)c1cccc(C2CN3CCC2CC3)c1. The van der Waals surface area contributed by atoms with Crippen molar-refractivity contribution in [1.82, 2.24) is 4.90 Å². The first kappa shape index (κ1) is 12.0. The molecule has 0 saturated carbocycles. The zero-order valence-electron chi connectivity index (χ0n) is 10.1. The molecule has 0 radical (unpaired) electrons. The molecule has 3 aliphatic rings. The molecule has 0 N–H and O–H groups in total. The highest BCUT2D eigenvalue weighted by molar-refractivity contribution is 5.29. The fourth-order valence-electron chi connectivity index (χ4n) is 3.29. The minimum atomic E-state index is -4.23. The van der Waals surface area contributed by atoms with Crippen LogP contribution in [0.2, 0.25) is 0 Å². The summed E-state index contributed by atoms with van der Waals surface area (Å²) in [7, 11) is 0. The highest BCUT2D eigenvalue weighted by atomic mass is 19.4. The number of piperidine rings is 3. The number of halogens is 3. The van der Waals surface area contributed by atoms with Gasteiger partial charge in [0.05, 0.1) is 5.56 Å². The van der Waals surface area contributed by atoms with E-state index in [-0.39, 0.29) is 5.92 Å². The smallest absolute Gasteiger partial charge is 0.303 e. The first-order valence-corrected chi connectivity index (χ1v) is 6.43. The van der Waals surface area contributed by atoms with E-state index >= 15 is 0 Å². The summed E-state index contributed by atoms with van der Waals surface area (Å²) in [6.07, 6.45) is -1.98. The Morgan fingerprint density at radius 2 is 1.83 bits per heavy atom. The number of fused-ring (bicyclic) bond motifs is 3. The topological polar surface area (TPSA) is 3.24 Å². The van der Waals surface area contributed by atoms with E-state index in [1.54, 1.807) is 0 Å². The third kappa shape index (κ3) is 2.14. The molecule has 0 aliphatic carbocycles. The maximum atomic E-state index is 12.7. The molecule has 1 atom stereocenters. The van der Waals surface area contributed by atoms with Crippen molar-refractivity contribution in [3.05, 3.63) is 35.4 Å². The number of rotatable bonds is 1. The van der Waals surface area contributed by atoms with Crippen molar-refractivity contribution in [3.63, 3.8) is 0 Å². The van der Waals surface area contributed by atoms with Crippen LogP contribution in [0.15, 0.2) is 24.3 Å². The van der Waals surface area contributed by atoms with E-state index in [0.717, 1.165) is 44.1 Å². The van der Waals surface area contributed by atoms with Gasteiger partial charge < -0.3 is 4.90 Å². The Morgan fingerprint density at radius 3 is 2.39 bits per heavy atom. The first-order chi connectivity index (χ1) is 8.54. The number of hydrogen-bond donors (Lipinski definition) is 0. The third-order valence-electron chi connectivity index (χ3n) is 4.30. The van der Waals surface area contributed by atoms with Gasteiger partial charge in [-0.3, -0.25) is 0 Å². The van der Waals surface area contributed by atoms with Crippen LogP contribution in [-0.2, 0) is 6.18 Å². The fraction of sp³-hybridized carbons (Fsp3) is 0.571. The third-order valence-corrected chi connectivity index (χ3v) is 4.30. The van der Waals surface area contributed by atoms with Crippen molar-refractivity contribution >= 4 is 0 Å². The second-order valence-corrected chi connectivity index (χ2v) is 5.37. The molecule has 1 aromatic carbocycles. The van der Waals surface area contributed by atoms with E-state index in [0.29, 0.717) is 5.92 Å². The summed E-state index contributed by atoms with van der Waals surface area (Å²) in [5.74, 6) is 0.855. The molecule has 0 amide bonds. The molecule has 3 fully saturated rings. The van der Waals surface area contributed by atoms with Crippen LogP contribution < -0.4 is 0 Å². The lowest BCUT2D eigenvalue weighted by Crippen LogP contribution is -2.46. The molecule has 98 valence electrons. The van der Waals surface area contributed by atoms with Crippen molar-refractivity contribution < 1.29 is 13.2 Å². The lowest BCUT2D eigenvalue weighted by atomic mass is 9.75. The molecule has 3 saturated heterocycles. The fourth-order valence-corrected chi connectivity index (χ4v) is 3.29. The molecule has 1 aromatic rings. The molecule has 1 nitrogen and oxygen atoms in total. The van der Waals surface area contributed by atoms with Crippen molar-refractivity contribution in [1.29, 1.82) is 0 Å². The monoisotopic (exact) mass is 255 g/mol. The Balaban J connectivity index is 1.88. The molecule has 4 heteroatoms. The Morgan fingerprint density at radius 1 is 1.11 bits per heavy atom. The maximum absolute atomic E-state index is 12.7. The second kappa shape index (κ2) is 4.26. The summed E-state index contributed by atoms with van der Waals surface area (Å²) in [6, 6.07) is 5.88. The predicted octanol–water partition coefficient (Wildman–Crippen LogP) is 3.51. The van der Waals surface area contributed by atoms with E-state index in [1.165, 1.54) is 12.1 Å². The van der Waals surface area contributed by atoms with Crippen molar-refractivity contribution in [3.8, 4) is 0 Å². The molecule has 3 heterocycles. The summed E-state index contributed by atoms with van der Waals surface area (Å²) >= 11 is 0. The zero-order chi connectivity index (χ0) is 12.8. The van der Waals surface area contributed by atoms with Crippen LogP contribution in [0.4, 0.5) is 13.2 Å². The van der Waals surface area contributed by atoms with Gasteiger partial charge >= 0.3 is 6.18 Å². The van der Waals surface area contributed by atoms with Gasteiger partial charge in [-0.2, -0.15) is 13.2 Å². The van der Waals surface area contributed by atoms with E-state index in [9.17, 15) is 13.2 Å². The largest absolute Gasteiger partial charge is 0.416 e. The predicted molar refractivity (Wildman–Crippen MR) is 63.3 cm³/mol. The molecule has 18 heavy (non-hydrogen) atoms. The lowest BCUT2D eigenvalue weighted by Gasteiger charge is -2.45. The maximum Gasteiger partial charge on any atom is 0.416 e. The number of hydrogen-bond acceptors (Lipinski definition) is 1. The first-order valence-electron chi connectivity index (χ1n) is 6.43. The summed E-state index contributed by atoms with van der Waals surface area (Å²) in [5.41, 5.74) is 0.343. The Hall–Kier alpha value is -1.03. The van der Waals surface area contributed by atoms with Gasteiger partial charge in [0.1, 0.15) is 0 Å². The van der Waals surface area contributed by atoms with Crippen molar-refractivity contribution in [2.45, 2.75) is 24.9 Å². The van der Waals surface area contributed by atoms with Gasteiger partial charge in [-0.25, -0.2) is 0 Å². The molecule has 2 bridgehead atoms. The lowest BCUT2D eigenvalue weighted by molar-refractivity contribution is -0.137. The number of alkyl halides is 3. The molecular weight excluding hydrogens is 239 g/mol. The second-order valence-electron chi connectivity index (χ2n) is 5.37. The molecule has 3 aliphatic heterocycles. The van der Waals surface area contributed by atoms with Crippen molar-refractivity contribution in [2.75, 3.05) is 19.6 Å². The van der Waals surface area contributed by atoms with Gasteiger partial charge in [-0.15, -0.1) is 0 Å². The average Bonchev–Trinajstić information content (AvgIpc) is 2.39. The molecular formula is C14H16F3N. The highest BCUT2D eigenvalue weighted by Crippen LogP contribution is 2.40. The molecule has 0 aromatic heterocycles. The molecule has 0 spiro atoms. The van der Waals surface area contributed by atoms with E-state index < -0.39 is 11.7 Å². The number of benzene rings is 1. The van der Waals surface area contributed by atoms with Gasteiger partial charge in [0.25, 0.3) is 0 Å². The van der Waals surface area contributed by atoms with E-state index in [1.807, 2.05) is 6.07 Å². The minimum absolute atomic E-state index is 0.287. The molecule has 4 rings (SSSR count). The van der Waals surface area contributed by atoms with E-state index in [2.05, 4.69) is 4.90 Å². The summed E-state index contributed by atoms with van der Waals surface area (Å²) in [6.45, 7) is 3.15. The summed E-state index contributed by atoms with van der Waals surface area (Å²) in [5, 5.41) is 0. The summed E-state index contributed by atoms with van der Waals surface area (Å²) in [4.78, 5) is 2.37. The molecule has 1 unspecified atom stereocenters. The van der Waals surface area contributed by atoms with Crippen LogP contribution in [0.3, 0.4) is 0 Å². The van der Waals surface area contributed by atoms with Crippen LogP contribution in [-0.4, -0.2) is 24.5 Å². The zero-order valence-corrected chi connectivity index (χ0v) is 10.1. The van der Waals surface area contributed by atoms with Crippen LogP contribution in [0, 0.1) is 5.92 Å². The van der Waals surface area contributed by atoms with Crippen LogP contribution in [0.1, 0.15) is 29.9 Å². The standard InChI is InChI=1S/C14H16F3N/c15-14(16,17)12-3-1-2-11(8-12)13-9-18-6-4-10(13)5-7-18/h1-3,8,10,13H,4-7,9H2. The van der Waals surface area contributed by atoms with Gasteiger partial charge in [-0.1, -0.05) is 18.2 Å². The van der Waals surface area contributed by atoms with Gasteiger partial charge in [-0.05, 0) is 49.4 Å². The highest BCUT2D eigenvalue weighted by Gasteiger charge is 2.36. The Bertz CT molecular complexity index is 433. The van der Waals surface area contributed by atoms with Gasteiger partial charge in [0, 0.05) is 6.54 Å². The Labute approximate surface area is 105 Å². The summed E-state index contributed by atoms with van der Waals surface area (Å²) < 4.78 is 38.1. The van der Waals surface area contributed by atoms with Gasteiger partial charge in [0.2, 0.25) is 0 Å². The average molecular weight is 255 g/mol. The number of nitrogens with zero attached hydrogens (tertiary/aromatic N) is 1. The van der Waals surface area contributed by atoms with E-state index in [4.69, 9.17) is 0 Å². The van der Waals surface area contributed by atoms with Crippen LogP contribution in [0.25, 0.3) is 0 Å². The van der Waals surface area contributed by atoms with Gasteiger partial charge in [0.15, 0.2) is 0 Å². The van der Waals surface area contributed by atoms with Crippen molar-refractivity contribution in [2.24, 2.45) is 5.92 Å².